The molecule has 2 aromatic carbocycles. The minimum absolute atomic E-state index is 0.0356. The van der Waals surface area contributed by atoms with Gasteiger partial charge in [0.25, 0.3) is 0 Å². The number of carbonyl (C=O) groups excluding carboxylic acids is 1. The molecule has 0 aliphatic carbocycles. The second kappa shape index (κ2) is 6.72. The number of hydrogen-bond donors (Lipinski definition) is 1. The number of nitrogens with one attached hydrogen (secondary N) is 1. The summed E-state index contributed by atoms with van der Waals surface area (Å²) in [7, 11) is 0. The molecule has 0 radical (unpaired) electrons. The average Bonchev–Trinajstić information content (AvgIpc) is 3.03. The highest BCUT2D eigenvalue weighted by molar-refractivity contribution is 7.22. The lowest BCUT2D eigenvalue weighted by Gasteiger charge is -2.18. The number of thiazole rings is 1. The van der Waals surface area contributed by atoms with Gasteiger partial charge in [0.2, 0.25) is 5.91 Å². The van der Waals surface area contributed by atoms with Gasteiger partial charge in [-0.3, -0.25) is 4.79 Å². The summed E-state index contributed by atoms with van der Waals surface area (Å²) < 4.78 is 12.2. The van der Waals surface area contributed by atoms with E-state index >= 15 is 0 Å². The number of hydrogen-bond acceptors (Lipinski definition) is 5. The zero-order valence-electron chi connectivity index (χ0n) is 13.9. The number of rotatable bonds is 4. The molecular weight excluding hydrogens is 336 g/mol. The summed E-state index contributed by atoms with van der Waals surface area (Å²) in [5.41, 5.74) is 3.12. The molecule has 0 unspecified atom stereocenters. The van der Waals surface area contributed by atoms with E-state index in [-0.39, 0.29) is 5.91 Å². The molecule has 25 heavy (non-hydrogen) atoms. The van der Waals surface area contributed by atoms with E-state index in [1.807, 2.05) is 43.3 Å². The third kappa shape index (κ3) is 3.44. The van der Waals surface area contributed by atoms with E-state index in [1.165, 1.54) is 11.3 Å². The predicted octanol–water partition coefficient (Wildman–Crippen LogP) is 3.95. The smallest absolute Gasteiger partial charge is 0.226 e. The third-order valence-corrected chi connectivity index (χ3v) is 5.05. The number of carbonyl (C=O) groups is 1. The summed E-state index contributed by atoms with van der Waals surface area (Å²) in [6, 6.07) is 11.9. The van der Waals surface area contributed by atoms with E-state index in [2.05, 4.69) is 10.3 Å². The van der Waals surface area contributed by atoms with E-state index in [1.54, 1.807) is 0 Å². The molecule has 0 atom stereocenters. The zero-order chi connectivity index (χ0) is 17.2. The number of aryl methyl sites for hydroxylation is 2. The minimum atomic E-state index is -0.0356. The summed E-state index contributed by atoms with van der Waals surface area (Å²) in [6.45, 7) is 3.17. The Morgan fingerprint density at radius 1 is 1.20 bits per heavy atom. The van der Waals surface area contributed by atoms with Crippen molar-refractivity contribution in [2.24, 2.45) is 0 Å². The van der Waals surface area contributed by atoms with Gasteiger partial charge in [0.1, 0.15) is 13.2 Å². The van der Waals surface area contributed by atoms with Gasteiger partial charge in [-0.25, -0.2) is 4.98 Å². The molecule has 1 amide bonds. The molecule has 2 heterocycles. The molecule has 1 aromatic heterocycles. The standard InChI is InChI=1S/C19H18N2O3S/c1-12-3-2-4-16-18(12)21-19(25-16)20-17(22)8-6-13-5-7-14-15(11-13)24-10-9-23-14/h2-5,7,11H,6,8-10H2,1H3,(H,20,21,22). The summed E-state index contributed by atoms with van der Waals surface area (Å²) in [6.07, 6.45) is 1.04. The van der Waals surface area contributed by atoms with Crippen molar-refractivity contribution in [1.29, 1.82) is 0 Å². The molecular formula is C19H18N2O3S. The highest BCUT2D eigenvalue weighted by atomic mass is 32.1. The number of benzene rings is 2. The van der Waals surface area contributed by atoms with Crippen molar-refractivity contribution in [3.63, 3.8) is 0 Å². The fourth-order valence-electron chi connectivity index (χ4n) is 2.82. The third-order valence-electron chi connectivity index (χ3n) is 4.11. The van der Waals surface area contributed by atoms with Crippen molar-refractivity contribution < 1.29 is 14.3 Å². The lowest BCUT2D eigenvalue weighted by molar-refractivity contribution is -0.116. The van der Waals surface area contributed by atoms with Crippen LogP contribution in [0.4, 0.5) is 5.13 Å². The van der Waals surface area contributed by atoms with Crippen molar-refractivity contribution >= 4 is 32.6 Å². The normalized spacial score (nSPS) is 13.0. The zero-order valence-corrected chi connectivity index (χ0v) is 14.7. The van der Waals surface area contributed by atoms with Crippen LogP contribution in [-0.2, 0) is 11.2 Å². The van der Waals surface area contributed by atoms with Gasteiger partial charge in [-0.15, -0.1) is 0 Å². The number of amides is 1. The van der Waals surface area contributed by atoms with Crippen LogP contribution < -0.4 is 14.8 Å². The number of fused-ring (bicyclic) bond motifs is 2. The van der Waals surface area contributed by atoms with Crippen LogP contribution in [0.1, 0.15) is 17.5 Å². The van der Waals surface area contributed by atoms with Gasteiger partial charge >= 0.3 is 0 Å². The Morgan fingerprint density at radius 3 is 2.88 bits per heavy atom. The Hall–Kier alpha value is -2.60. The molecule has 5 nitrogen and oxygen atoms in total. The quantitative estimate of drug-likeness (QED) is 0.771. The number of anilines is 1. The monoisotopic (exact) mass is 354 g/mol. The van der Waals surface area contributed by atoms with Gasteiger partial charge < -0.3 is 14.8 Å². The Bertz CT molecular complexity index is 936. The maximum Gasteiger partial charge on any atom is 0.226 e. The first-order valence-electron chi connectivity index (χ1n) is 8.23. The number of aromatic nitrogens is 1. The summed E-state index contributed by atoms with van der Waals surface area (Å²) in [4.78, 5) is 16.8. The molecule has 3 aromatic rings. The van der Waals surface area contributed by atoms with Gasteiger partial charge in [0, 0.05) is 6.42 Å². The second-order valence-electron chi connectivity index (χ2n) is 5.97. The molecule has 6 heteroatoms. The Morgan fingerprint density at radius 2 is 2.04 bits per heavy atom. The Balaban J connectivity index is 1.39. The molecule has 1 aliphatic rings. The number of ether oxygens (including phenoxy) is 2. The van der Waals surface area contributed by atoms with Crippen molar-refractivity contribution in [3.05, 3.63) is 47.5 Å². The molecule has 0 saturated carbocycles. The molecule has 0 spiro atoms. The van der Waals surface area contributed by atoms with Crippen LogP contribution in [-0.4, -0.2) is 24.1 Å². The molecule has 1 N–H and O–H groups in total. The van der Waals surface area contributed by atoms with Crippen LogP contribution >= 0.6 is 11.3 Å². The maximum absolute atomic E-state index is 12.2. The van der Waals surface area contributed by atoms with E-state index in [0.29, 0.717) is 31.2 Å². The van der Waals surface area contributed by atoms with Gasteiger partial charge in [-0.05, 0) is 42.7 Å². The van der Waals surface area contributed by atoms with Crippen molar-refractivity contribution in [3.8, 4) is 11.5 Å². The van der Waals surface area contributed by atoms with Crippen LogP contribution in [0.25, 0.3) is 10.2 Å². The molecule has 1 aliphatic heterocycles. The Kier molecular flexibility index (Phi) is 4.28. The Labute approximate surface area is 149 Å². The SMILES string of the molecule is Cc1cccc2sc(NC(=O)CCc3ccc4c(c3)OCCO4)nc12. The fraction of sp³-hybridized carbons (Fsp3) is 0.263. The molecule has 0 bridgehead atoms. The summed E-state index contributed by atoms with van der Waals surface area (Å²) in [5, 5.41) is 3.55. The van der Waals surface area contributed by atoms with Crippen LogP contribution in [0.5, 0.6) is 11.5 Å². The second-order valence-corrected chi connectivity index (χ2v) is 7.00. The molecule has 4 rings (SSSR count). The molecule has 128 valence electrons. The van der Waals surface area contributed by atoms with Crippen molar-refractivity contribution in [1.82, 2.24) is 4.98 Å². The topological polar surface area (TPSA) is 60.5 Å². The largest absolute Gasteiger partial charge is 0.486 e. The van der Waals surface area contributed by atoms with Gasteiger partial charge in [-0.1, -0.05) is 29.5 Å². The van der Waals surface area contributed by atoms with Crippen LogP contribution in [0, 0.1) is 6.92 Å². The number of nitrogens with zero attached hydrogens (tertiary/aromatic N) is 1. The molecule has 0 saturated heterocycles. The number of para-hydroxylation sites is 1. The lowest BCUT2D eigenvalue weighted by atomic mass is 10.1. The first kappa shape index (κ1) is 15.9. The summed E-state index contributed by atoms with van der Waals surface area (Å²) >= 11 is 1.50. The van der Waals surface area contributed by atoms with Crippen LogP contribution in [0.3, 0.4) is 0 Å². The average molecular weight is 354 g/mol. The van der Waals surface area contributed by atoms with Crippen LogP contribution in [0.15, 0.2) is 36.4 Å². The van der Waals surface area contributed by atoms with Crippen molar-refractivity contribution in [2.75, 3.05) is 18.5 Å². The maximum atomic E-state index is 12.2. The van der Waals surface area contributed by atoms with Crippen LogP contribution in [0.2, 0.25) is 0 Å². The van der Waals surface area contributed by atoms with E-state index in [4.69, 9.17) is 9.47 Å². The first-order valence-corrected chi connectivity index (χ1v) is 9.05. The highest BCUT2D eigenvalue weighted by Crippen LogP contribution is 2.31. The van der Waals surface area contributed by atoms with Gasteiger partial charge in [0.05, 0.1) is 10.2 Å². The minimum Gasteiger partial charge on any atom is -0.486 e. The van der Waals surface area contributed by atoms with E-state index in [0.717, 1.165) is 32.8 Å². The van der Waals surface area contributed by atoms with E-state index < -0.39 is 0 Å². The fourth-order valence-corrected chi connectivity index (χ4v) is 3.78. The van der Waals surface area contributed by atoms with Gasteiger partial charge in [-0.2, -0.15) is 0 Å². The highest BCUT2D eigenvalue weighted by Gasteiger charge is 2.13. The van der Waals surface area contributed by atoms with E-state index in [9.17, 15) is 4.79 Å². The predicted molar refractivity (Wildman–Crippen MR) is 98.7 cm³/mol. The van der Waals surface area contributed by atoms with Gasteiger partial charge in [0.15, 0.2) is 16.6 Å². The summed E-state index contributed by atoms with van der Waals surface area (Å²) in [5.74, 6) is 1.49. The first-order chi connectivity index (χ1) is 12.2. The molecule has 0 fully saturated rings. The lowest BCUT2D eigenvalue weighted by Crippen LogP contribution is -2.15. The van der Waals surface area contributed by atoms with Crippen molar-refractivity contribution in [2.45, 2.75) is 19.8 Å².